The van der Waals surface area contributed by atoms with Crippen molar-refractivity contribution in [2.24, 2.45) is 0 Å². The lowest BCUT2D eigenvalue weighted by Crippen LogP contribution is -2.48. The summed E-state index contributed by atoms with van der Waals surface area (Å²) >= 11 is 0. The number of aryl methyl sites for hydroxylation is 2. The molecule has 1 aromatic heterocycles. The minimum Gasteiger partial charge on any atom is -0.351 e. The van der Waals surface area contributed by atoms with Crippen LogP contribution in [-0.2, 0) is 16.9 Å². The van der Waals surface area contributed by atoms with Gasteiger partial charge in [-0.15, -0.1) is 0 Å². The lowest BCUT2D eigenvalue weighted by atomic mass is 9.89. The SMILES string of the molecule is CCn1nc(C)c2c1NC(C)(c1ccccc1)C(=O)N2. The monoisotopic (exact) mass is 270 g/mol. The molecule has 1 aliphatic rings. The summed E-state index contributed by atoms with van der Waals surface area (Å²) in [5.41, 5.74) is 1.76. The number of hydrogen-bond donors (Lipinski definition) is 2. The molecule has 1 aliphatic heterocycles. The molecule has 0 saturated heterocycles. The number of hydrogen-bond acceptors (Lipinski definition) is 3. The lowest BCUT2D eigenvalue weighted by Gasteiger charge is -2.35. The van der Waals surface area contributed by atoms with Gasteiger partial charge in [0.15, 0.2) is 0 Å². The Hall–Kier alpha value is -2.30. The number of nitrogens with zero attached hydrogens (tertiary/aromatic N) is 2. The maximum Gasteiger partial charge on any atom is 0.254 e. The number of fused-ring (bicyclic) bond motifs is 1. The van der Waals surface area contributed by atoms with Gasteiger partial charge in [0.25, 0.3) is 5.91 Å². The Morgan fingerprint density at radius 1 is 1.30 bits per heavy atom. The first-order chi connectivity index (χ1) is 9.56. The molecule has 2 aromatic rings. The zero-order chi connectivity index (χ0) is 14.3. The summed E-state index contributed by atoms with van der Waals surface area (Å²) in [6.45, 7) is 6.58. The van der Waals surface area contributed by atoms with Crippen molar-refractivity contribution in [1.29, 1.82) is 0 Å². The van der Waals surface area contributed by atoms with Gasteiger partial charge in [-0.1, -0.05) is 30.3 Å². The van der Waals surface area contributed by atoms with Gasteiger partial charge in [-0.2, -0.15) is 5.10 Å². The number of rotatable bonds is 2. The molecule has 0 fully saturated rings. The number of nitrogens with one attached hydrogen (secondary N) is 2. The number of aromatic nitrogens is 2. The number of anilines is 2. The maximum atomic E-state index is 12.5. The molecule has 1 atom stereocenters. The Labute approximate surface area is 118 Å². The van der Waals surface area contributed by atoms with E-state index in [0.717, 1.165) is 29.3 Å². The molecular weight excluding hydrogens is 252 g/mol. The normalized spacial score (nSPS) is 21.1. The fourth-order valence-electron chi connectivity index (χ4n) is 2.59. The van der Waals surface area contributed by atoms with Crippen molar-refractivity contribution in [3.63, 3.8) is 0 Å². The van der Waals surface area contributed by atoms with E-state index in [0.29, 0.717) is 0 Å². The molecule has 5 nitrogen and oxygen atoms in total. The van der Waals surface area contributed by atoms with Crippen molar-refractivity contribution in [2.75, 3.05) is 10.6 Å². The number of carbonyl (C=O) groups excluding carboxylic acids is 1. The molecule has 2 N–H and O–H groups in total. The van der Waals surface area contributed by atoms with E-state index in [1.54, 1.807) is 0 Å². The summed E-state index contributed by atoms with van der Waals surface area (Å²) in [4.78, 5) is 12.5. The highest BCUT2D eigenvalue weighted by atomic mass is 16.2. The Kier molecular flexibility index (Phi) is 2.78. The van der Waals surface area contributed by atoms with E-state index in [1.165, 1.54) is 0 Å². The molecule has 1 aromatic carbocycles. The van der Waals surface area contributed by atoms with Crippen molar-refractivity contribution >= 4 is 17.4 Å². The Bertz CT molecular complexity index is 662. The van der Waals surface area contributed by atoms with Gasteiger partial charge < -0.3 is 10.6 Å². The van der Waals surface area contributed by atoms with Crippen molar-refractivity contribution < 1.29 is 4.79 Å². The highest BCUT2D eigenvalue weighted by Crippen LogP contribution is 2.38. The quantitative estimate of drug-likeness (QED) is 0.881. The molecule has 3 rings (SSSR count). The molecule has 0 radical (unpaired) electrons. The second kappa shape index (κ2) is 4.37. The van der Waals surface area contributed by atoms with Crippen LogP contribution in [0, 0.1) is 6.92 Å². The third kappa shape index (κ3) is 1.70. The summed E-state index contributed by atoms with van der Waals surface area (Å²) in [7, 11) is 0. The number of amides is 1. The average Bonchev–Trinajstić information content (AvgIpc) is 2.76. The van der Waals surface area contributed by atoms with Gasteiger partial charge in [0.1, 0.15) is 17.0 Å². The first-order valence-corrected chi connectivity index (χ1v) is 6.79. The van der Waals surface area contributed by atoms with Crippen LogP contribution in [0.1, 0.15) is 25.1 Å². The molecule has 1 unspecified atom stereocenters. The second-order valence-electron chi connectivity index (χ2n) is 5.19. The van der Waals surface area contributed by atoms with E-state index < -0.39 is 5.54 Å². The van der Waals surface area contributed by atoms with E-state index in [-0.39, 0.29) is 5.91 Å². The first kappa shape index (κ1) is 12.7. The Balaban J connectivity index is 2.11. The van der Waals surface area contributed by atoms with E-state index >= 15 is 0 Å². The molecule has 2 heterocycles. The van der Waals surface area contributed by atoms with Gasteiger partial charge in [0.2, 0.25) is 0 Å². The molecule has 104 valence electrons. The van der Waals surface area contributed by atoms with Crippen LogP contribution in [0.2, 0.25) is 0 Å². The molecule has 0 saturated carbocycles. The smallest absolute Gasteiger partial charge is 0.254 e. The average molecular weight is 270 g/mol. The van der Waals surface area contributed by atoms with Crippen LogP contribution in [0.3, 0.4) is 0 Å². The molecule has 5 heteroatoms. The topological polar surface area (TPSA) is 59.0 Å². The summed E-state index contributed by atoms with van der Waals surface area (Å²) in [6.07, 6.45) is 0. The van der Waals surface area contributed by atoms with Gasteiger partial charge in [-0.3, -0.25) is 4.79 Å². The van der Waals surface area contributed by atoms with E-state index in [9.17, 15) is 4.79 Å². The summed E-state index contributed by atoms with van der Waals surface area (Å²) in [5.74, 6) is 0.811. The van der Waals surface area contributed by atoms with Crippen LogP contribution >= 0.6 is 0 Å². The third-order valence-electron chi connectivity index (χ3n) is 3.84. The predicted molar refractivity (Wildman–Crippen MR) is 78.7 cm³/mol. The Morgan fingerprint density at radius 3 is 2.65 bits per heavy atom. The van der Waals surface area contributed by atoms with Crippen molar-refractivity contribution in [3.05, 3.63) is 41.6 Å². The van der Waals surface area contributed by atoms with Gasteiger partial charge in [-0.05, 0) is 26.3 Å². The molecule has 0 spiro atoms. The highest BCUT2D eigenvalue weighted by molar-refractivity contribution is 6.06. The van der Waals surface area contributed by atoms with Gasteiger partial charge >= 0.3 is 0 Å². The Morgan fingerprint density at radius 2 is 2.00 bits per heavy atom. The van der Waals surface area contributed by atoms with Gasteiger partial charge in [0, 0.05) is 6.54 Å². The van der Waals surface area contributed by atoms with Crippen LogP contribution in [-0.4, -0.2) is 15.7 Å². The largest absolute Gasteiger partial charge is 0.351 e. The van der Waals surface area contributed by atoms with Crippen molar-refractivity contribution in [3.8, 4) is 0 Å². The number of benzene rings is 1. The van der Waals surface area contributed by atoms with Crippen molar-refractivity contribution in [2.45, 2.75) is 32.9 Å². The minimum absolute atomic E-state index is 0.0602. The van der Waals surface area contributed by atoms with Gasteiger partial charge in [-0.25, -0.2) is 4.68 Å². The van der Waals surface area contributed by atoms with Crippen molar-refractivity contribution in [1.82, 2.24) is 9.78 Å². The van der Waals surface area contributed by atoms with Crippen LogP contribution in [0.15, 0.2) is 30.3 Å². The summed E-state index contributed by atoms with van der Waals surface area (Å²) in [6, 6.07) is 9.73. The fraction of sp³-hybridized carbons (Fsp3) is 0.333. The third-order valence-corrected chi connectivity index (χ3v) is 3.84. The summed E-state index contributed by atoms with van der Waals surface area (Å²) in [5, 5.41) is 10.8. The standard InChI is InChI=1S/C15H18N4O/c1-4-19-13-12(10(2)18-19)16-14(20)15(3,17-13)11-8-6-5-7-9-11/h5-9,17H,4H2,1-3H3,(H,16,20). The second-order valence-corrected chi connectivity index (χ2v) is 5.19. The lowest BCUT2D eigenvalue weighted by molar-refractivity contribution is -0.120. The van der Waals surface area contributed by atoms with E-state index in [2.05, 4.69) is 15.7 Å². The zero-order valence-corrected chi connectivity index (χ0v) is 11.9. The fourth-order valence-corrected chi connectivity index (χ4v) is 2.59. The molecule has 20 heavy (non-hydrogen) atoms. The van der Waals surface area contributed by atoms with E-state index in [1.807, 2.05) is 55.8 Å². The maximum absolute atomic E-state index is 12.5. The van der Waals surface area contributed by atoms with Crippen LogP contribution < -0.4 is 10.6 Å². The minimum atomic E-state index is -0.784. The molecule has 1 amide bonds. The molecule has 0 aliphatic carbocycles. The summed E-state index contributed by atoms with van der Waals surface area (Å²) < 4.78 is 1.88. The first-order valence-electron chi connectivity index (χ1n) is 6.79. The molecular formula is C15H18N4O. The van der Waals surface area contributed by atoms with E-state index in [4.69, 9.17) is 0 Å². The zero-order valence-electron chi connectivity index (χ0n) is 11.9. The predicted octanol–water partition coefficient (Wildman–Crippen LogP) is 2.49. The number of carbonyl (C=O) groups is 1. The molecule has 0 bridgehead atoms. The van der Waals surface area contributed by atoms with Gasteiger partial charge in [0.05, 0.1) is 5.69 Å². The van der Waals surface area contributed by atoms with Crippen LogP contribution in [0.4, 0.5) is 11.5 Å². The highest BCUT2D eigenvalue weighted by Gasteiger charge is 2.41. The van der Waals surface area contributed by atoms with Crippen LogP contribution in [0.5, 0.6) is 0 Å². The van der Waals surface area contributed by atoms with Crippen LogP contribution in [0.25, 0.3) is 0 Å².